The lowest BCUT2D eigenvalue weighted by Gasteiger charge is -2.28. The molecule has 90 valence electrons. The molecule has 1 aliphatic carbocycles. The van der Waals surface area contributed by atoms with Crippen LogP contribution >= 0.6 is 0 Å². The molecular formula is C11H13N3O3. The highest BCUT2D eigenvalue weighted by molar-refractivity contribution is 6.02. The van der Waals surface area contributed by atoms with Crippen molar-refractivity contribution < 1.29 is 14.4 Å². The van der Waals surface area contributed by atoms with Crippen LogP contribution in [0.25, 0.3) is 0 Å². The Balaban J connectivity index is 2.01. The lowest BCUT2D eigenvalue weighted by Crippen LogP contribution is -2.54. The molecule has 1 aliphatic heterocycles. The Morgan fingerprint density at radius 3 is 2.71 bits per heavy atom. The molecule has 0 radical (unpaired) electrons. The smallest absolute Gasteiger partial charge is 0.251 e. The van der Waals surface area contributed by atoms with E-state index in [2.05, 4.69) is 5.32 Å². The quantitative estimate of drug-likeness (QED) is 0.656. The molecule has 3 amide bonds. The van der Waals surface area contributed by atoms with Crippen LogP contribution in [0.15, 0.2) is 0 Å². The Morgan fingerprint density at radius 2 is 2.18 bits per heavy atom. The molecule has 2 rings (SSSR count). The number of piperidine rings is 1. The van der Waals surface area contributed by atoms with E-state index < -0.39 is 17.4 Å². The second kappa shape index (κ2) is 3.84. The van der Waals surface area contributed by atoms with Crippen molar-refractivity contribution in [3.8, 4) is 6.07 Å². The molecule has 2 aliphatic rings. The molecule has 1 saturated carbocycles. The molecule has 1 saturated heterocycles. The van der Waals surface area contributed by atoms with Gasteiger partial charge < -0.3 is 5.32 Å². The van der Waals surface area contributed by atoms with Gasteiger partial charge in [-0.2, -0.15) is 5.26 Å². The highest BCUT2D eigenvalue weighted by Crippen LogP contribution is 2.45. The minimum absolute atomic E-state index is 0.234. The molecule has 6 heteroatoms. The lowest BCUT2D eigenvalue weighted by molar-refractivity contribution is -0.149. The SMILES string of the molecule is CN1C(=O)CCC(NC(=O)C2(C#N)CC2)C1=O. The molecule has 0 aromatic heterocycles. The van der Waals surface area contributed by atoms with Crippen molar-refractivity contribution in [2.75, 3.05) is 7.05 Å². The summed E-state index contributed by atoms with van der Waals surface area (Å²) in [4.78, 5) is 35.8. The van der Waals surface area contributed by atoms with Crippen LogP contribution in [0.1, 0.15) is 25.7 Å². The van der Waals surface area contributed by atoms with Crippen molar-refractivity contribution in [3.63, 3.8) is 0 Å². The summed E-state index contributed by atoms with van der Waals surface area (Å²) in [6, 6.07) is 1.30. The van der Waals surface area contributed by atoms with Crippen molar-refractivity contribution in [2.45, 2.75) is 31.7 Å². The Morgan fingerprint density at radius 1 is 1.53 bits per heavy atom. The van der Waals surface area contributed by atoms with Gasteiger partial charge in [-0.25, -0.2) is 0 Å². The van der Waals surface area contributed by atoms with Crippen molar-refractivity contribution in [2.24, 2.45) is 5.41 Å². The Kier molecular flexibility index (Phi) is 2.62. The molecule has 1 unspecified atom stereocenters. The van der Waals surface area contributed by atoms with Crippen LogP contribution in [-0.4, -0.2) is 35.7 Å². The van der Waals surface area contributed by atoms with E-state index in [4.69, 9.17) is 5.26 Å². The molecule has 1 atom stereocenters. The zero-order valence-corrected chi connectivity index (χ0v) is 9.52. The Hall–Kier alpha value is -1.90. The van der Waals surface area contributed by atoms with Gasteiger partial charge in [-0.1, -0.05) is 0 Å². The molecule has 1 N–H and O–H groups in total. The standard InChI is InChI=1S/C11H13N3O3/c1-14-8(15)3-2-7(9(14)16)13-10(17)11(6-12)4-5-11/h7H,2-5H2,1H3,(H,13,17). The number of imide groups is 1. The summed E-state index contributed by atoms with van der Waals surface area (Å²) >= 11 is 0. The second-order valence-corrected chi connectivity index (χ2v) is 4.55. The number of nitrogens with one attached hydrogen (secondary N) is 1. The predicted molar refractivity (Wildman–Crippen MR) is 56.2 cm³/mol. The van der Waals surface area contributed by atoms with Gasteiger partial charge in [0.25, 0.3) is 5.91 Å². The van der Waals surface area contributed by atoms with Crippen LogP contribution in [0.4, 0.5) is 0 Å². The fourth-order valence-corrected chi connectivity index (χ4v) is 1.86. The minimum atomic E-state index is -0.930. The number of hydrogen-bond donors (Lipinski definition) is 1. The Bertz CT molecular complexity index is 434. The van der Waals surface area contributed by atoms with Gasteiger partial charge in [-0.05, 0) is 19.3 Å². The predicted octanol–water partition coefficient (Wildman–Crippen LogP) is -0.446. The minimum Gasteiger partial charge on any atom is -0.343 e. The normalized spacial score (nSPS) is 26.4. The van der Waals surface area contributed by atoms with Gasteiger partial charge in [0.2, 0.25) is 11.8 Å². The lowest BCUT2D eigenvalue weighted by atomic mass is 10.0. The topological polar surface area (TPSA) is 90.3 Å². The average molecular weight is 235 g/mol. The van der Waals surface area contributed by atoms with E-state index in [0.29, 0.717) is 19.3 Å². The molecule has 0 spiro atoms. The second-order valence-electron chi connectivity index (χ2n) is 4.55. The molecule has 0 bridgehead atoms. The van der Waals surface area contributed by atoms with Crippen LogP contribution < -0.4 is 5.32 Å². The molecule has 6 nitrogen and oxygen atoms in total. The van der Waals surface area contributed by atoms with Crippen LogP contribution in [0.5, 0.6) is 0 Å². The third kappa shape index (κ3) is 1.88. The van der Waals surface area contributed by atoms with Crippen molar-refractivity contribution in [1.82, 2.24) is 10.2 Å². The van der Waals surface area contributed by atoms with E-state index in [9.17, 15) is 14.4 Å². The number of carbonyl (C=O) groups is 3. The third-order valence-corrected chi connectivity index (χ3v) is 3.35. The van der Waals surface area contributed by atoms with Crippen LogP contribution in [0, 0.1) is 16.7 Å². The molecular weight excluding hydrogens is 222 g/mol. The number of hydrogen-bond acceptors (Lipinski definition) is 4. The monoisotopic (exact) mass is 235 g/mol. The molecule has 2 fully saturated rings. The Labute approximate surface area is 98.6 Å². The summed E-state index contributed by atoms with van der Waals surface area (Å²) in [5.41, 5.74) is -0.930. The van der Waals surface area contributed by atoms with Gasteiger partial charge in [-0.3, -0.25) is 19.3 Å². The van der Waals surface area contributed by atoms with Crippen LogP contribution in [0.3, 0.4) is 0 Å². The van der Waals surface area contributed by atoms with Gasteiger partial charge in [-0.15, -0.1) is 0 Å². The summed E-state index contributed by atoms with van der Waals surface area (Å²) in [5, 5.41) is 11.4. The number of nitrogens with zero attached hydrogens (tertiary/aromatic N) is 2. The first-order valence-corrected chi connectivity index (χ1v) is 5.53. The van der Waals surface area contributed by atoms with Gasteiger partial charge in [0, 0.05) is 13.5 Å². The number of carbonyl (C=O) groups excluding carboxylic acids is 3. The first-order chi connectivity index (χ1) is 8.00. The third-order valence-electron chi connectivity index (χ3n) is 3.35. The van der Waals surface area contributed by atoms with E-state index in [1.807, 2.05) is 6.07 Å². The van der Waals surface area contributed by atoms with E-state index in [1.54, 1.807) is 0 Å². The van der Waals surface area contributed by atoms with Gasteiger partial charge in [0.15, 0.2) is 0 Å². The number of amides is 3. The zero-order valence-electron chi connectivity index (χ0n) is 9.52. The van der Waals surface area contributed by atoms with Crippen molar-refractivity contribution in [3.05, 3.63) is 0 Å². The summed E-state index contributed by atoms with van der Waals surface area (Å²) in [5.74, 6) is -1.02. The fraction of sp³-hybridized carbons (Fsp3) is 0.636. The van der Waals surface area contributed by atoms with Crippen LogP contribution in [0.2, 0.25) is 0 Å². The van der Waals surface area contributed by atoms with E-state index in [-0.39, 0.29) is 18.2 Å². The molecule has 0 aromatic carbocycles. The van der Waals surface area contributed by atoms with E-state index >= 15 is 0 Å². The molecule has 17 heavy (non-hydrogen) atoms. The molecule has 0 aromatic rings. The first kappa shape index (κ1) is 11.6. The largest absolute Gasteiger partial charge is 0.343 e. The number of nitriles is 1. The first-order valence-electron chi connectivity index (χ1n) is 5.53. The highest BCUT2D eigenvalue weighted by atomic mass is 16.2. The summed E-state index contributed by atoms with van der Waals surface area (Å²) in [6.45, 7) is 0. The van der Waals surface area contributed by atoms with Gasteiger partial charge in [0.1, 0.15) is 11.5 Å². The zero-order chi connectivity index (χ0) is 12.6. The van der Waals surface area contributed by atoms with Gasteiger partial charge in [0.05, 0.1) is 6.07 Å². The maximum absolute atomic E-state index is 11.8. The molecule has 1 heterocycles. The highest BCUT2D eigenvalue weighted by Gasteiger charge is 2.51. The maximum Gasteiger partial charge on any atom is 0.251 e. The summed E-state index contributed by atoms with van der Waals surface area (Å²) in [7, 11) is 1.40. The summed E-state index contributed by atoms with van der Waals surface area (Å²) < 4.78 is 0. The average Bonchev–Trinajstić information content (AvgIpc) is 3.11. The van der Waals surface area contributed by atoms with Gasteiger partial charge >= 0.3 is 0 Å². The van der Waals surface area contributed by atoms with Crippen molar-refractivity contribution >= 4 is 17.7 Å². The van der Waals surface area contributed by atoms with E-state index in [1.165, 1.54) is 7.05 Å². The van der Waals surface area contributed by atoms with Crippen molar-refractivity contribution in [1.29, 1.82) is 5.26 Å². The van der Waals surface area contributed by atoms with Crippen LogP contribution in [-0.2, 0) is 14.4 Å². The summed E-state index contributed by atoms with van der Waals surface area (Å²) in [6.07, 6.45) is 1.65. The fourth-order valence-electron chi connectivity index (χ4n) is 1.86. The number of likely N-dealkylation sites (tertiary alicyclic amines) is 1. The number of rotatable bonds is 2. The van der Waals surface area contributed by atoms with E-state index in [0.717, 1.165) is 4.90 Å². The maximum atomic E-state index is 11.8. The number of likely N-dealkylation sites (N-methyl/N-ethyl adjacent to an activating group) is 1.